The van der Waals surface area contributed by atoms with Crippen LogP contribution in [0.4, 0.5) is 0 Å². The SMILES string of the molecule is CC/C=C\C/C=C\C/C=C\C/C=C\C/C=C\C/C=C\CCC(=O)OC1C(OCC(NC(=O)C(O)CCCCCCCCCCCCCCCCCCCC)C(O)/C=C/CCCCCCCCCCCCC)OC(CO)C(O)C1O. The fourth-order valence-electron chi connectivity index (χ4n) is 9.74. The summed E-state index contributed by atoms with van der Waals surface area (Å²) in [5.41, 5.74) is 0. The molecule has 1 rings (SSSR count). The largest absolute Gasteiger partial charge is 0.454 e. The van der Waals surface area contributed by atoms with Crippen molar-refractivity contribution in [2.45, 2.75) is 320 Å². The van der Waals surface area contributed by atoms with Gasteiger partial charge in [0, 0.05) is 6.42 Å². The molecule has 8 unspecified atom stereocenters. The van der Waals surface area contributed by atoms with E-state index in [9.17, 15) is 35.1 Å². The van der Waals surface area contributed by atoms with Crippen LogP contribution in [0.3, 0.4) is 0 Å². The molecule has 11 heteroatoms. The van der Waals surface area contributed by atoms with Gasteiger partial charge >= 0.3 is 5.97 Å². The first kappa shape index (κ1) is 73.9. The minimum absolute atomic E-state index is 0.00366. The van der Waals surface area contributed by atoms with Crippen LogP contribution in [0.15, 0.2) is 85.1 Å². The van der Waals surface area contributed by atoms with Crippen molar-refractivity contribution < 1.29 is 49.3 Å². The molecule has 1 aliphatic rings. The molecule has 0 aromatic carbocycles. The van der Waals surface area contributed by atoms with Gasteiger partial charge in [0.2, 0.25) is 5.91 Å². The fraction of sp³-hybridized carbons (Fsp3) is 0.765. The summed E-state index contributed by atoms with van der Waals surface area (Å²) in [6.45, 7) is 5.66. The van der Waals surface area contributed by atoms with Crippen LogP contribution in [-0.4, -0.2) is 99.6 Å². The Bertz CT molecular complexity index is 1610. The number of ether oxygens (including phenoxy) is 3. The minimum Gasteiger partial charge on any atom is -0.454 e. The lowest BCUT2D eigenvalue weighted by Crippen LogP contribution is -2.61. The zero-order valence-electron chi connectivity index (χ0n) is 50.5. The summed E-state index contributed by atoms with van der Waals surface area (Å²) in [7, 11) is 0. The molecule has 11 nitrogen and oxygen atoms in total. The number of carbonyl (C=O) groups is 2. The third-order valence-electron chi connectivity index (χ3n) is 14.8. The fourth-order valence-corrected chi connectivity index (χ4v) is 9.74. The lowest BCUT2D eigenvalue weighted by Gasteiger charge is -2.41. The molecule has 8 atom stereocenters. The van der Waals surface area contributed by atoms with E-state index in [1.807, 2.05) is 18.2 Å². The van der Waals surface area contributed by atoms with E-state index in [2.05, 4.69) is 86.8 Å². The molecule has 1 aliphatic heterocycles. The van der Waals surface area contributed by atoms with Crippen molar-refractivity contribution >= 4 is 11.9 Å². The van der Waals surface area contributed by atoms with Gasteiger partial charge in [0.1, 0.15) is 24.4 Å². The molecule has 456 valence electrons. The summed E-state index contributed by atoms with van der Waals surface area (Å²) in [6.07, 6.45) is 62.0. The normalized spacial score (nSPS) is 19.4. The summed E-state index contributed by atoms with van der Waals surface area (Å²) >= 11 is 0. The van der Waals surface area contributed by atoms with E-state index in [1.165, 1.54) is 148 Å². The number of carbonyl (C=O) groups excluding carboxylic acids is 2. The molecule has 6 N–H and O–H groups in total. The lowest BCUT2D eigenvalue weighted by molar-refractivity contribution is -0.305. The Balaban J connectivity index is 2.71. The molecule has 1 fully saturated rings. The number of esters is 1. The Morgan fingerprint density at radius 1 is 0.506 bits per heavy atom. The molecule has 0 aromatic heterocycles. The Labute approximate surface area is 483 Å². The number of aliphatic hydroxyl groups excluding tert-OH is 5. The maximum absolute atomic E-state index is 13.4. The molecule has 1 amide bonds. The molecule has 0 aliphatic carbocycles. The molecular weight excluding hydrogens is 991 g/mol. The second-order valence-corrected chi connectivity index (χ2v) is 22.1. The smallest absolute Gasteiger partial charge is 0.306 e. The Morgan fingerprint density at radius 3 is 1.34 bits per heavy atom. The van der Waals surface area contributed by atoms with Gasteiger partial charge in [-0.2, -0.15) is 0 Å². The van der Waals surface area contributed by atoms with Crippen LogP contribution < -0.4 is 5.32 Å². The van der Waals surface area contributed by atoms with E-state index in [4.69, 9.17) is 14.2 Å². The molecule has 0 aromatic rings. The summed E-state index contributed by atoms with van der Waals surface area (Å²) < 4.78 is 17.6. The van der Waals surface area contributed by atoms with E-state index in [0.29, 0.717) is 19.3 Å². The molecule has 0 bridgehead atoms. The van der Waals surface area contributed by atoms with Crippen molar-refractivity contribution in [1.29, 1.82) is 0 Å². The summed E-state index contributed by atoms with van der Waals surface area (Å²) in [5, 5.41) is 57.0. The van der Waals surface area contributed by atoms with Crippen LogP contribution in [0.1, 0.15) is 271 Å². The highest BCUT2D eigenvalue weighted by Crippen LogP contribution is 2.26. The number of hydrogen-bond donors (Lipinski definition) is 6. The Kier molecular flexibility index (Phi) is 51.8. The van der Waals surface area contributed by atoms with Crippen LogP contribution >= 0.6 is 0 Å². The highest BCUT2D eigenvalue weighted by atomic mass is 16.7. The van der Waals surface area contributed by atoms with Crippen LogP contribution in [0.25, 0.3) is 0 Å². The van der Waals surface area contributed by atoms with Crippen molar-refractivity contribution in [3.05, 3.63) is 85.1 Å². The van der Waals surface area contributed by atoms with E-state index in [1.54, 1.807) is 6.08 Å². The van der Waals surface area contributed by atoms with Crippen molar-refractivity contribution in [2.24, 2.45) is 0 Å². The highest BCUT2D eigenvalue weighted by Gasteiger charge is 2.47. The molecule has 1 saturated heterocycles. The first-order valence-corrected chi connectivity index (χ1v) is 32.4. The summed E-state index contributed by atoms with van der Waals surface area (Å²) in [4.78, 5) is 26.6. The average Bonchev–Trinajstić information content (AvgIpc) is 3.49. The third kappa shape index (κ3) is 43.2. The first-order chi connectivity index (χ1) is 38.7. The van der Waals surface area contributed by atoms with Gasteiger partial charge in [-0.1, -0.05) is 286 Å². The quantitative estimate of drug-likeness (QED) is 0.0195. The zero-order chi connectivity index (χ0) is 57.5. The second-order valence-electron chi connectivity index (χ2n) is 22.1. The Hall–Kier alpha value is -3.16. The first-order valence-electron chi connectivity index (χ1n) is 32.4. The Morgan fingerprint density at radius 2 is 0.911 bits per heavy atom. The van der Waals surface area contributed by atoms with Crippen LogP contribution in [0.2, 0.25) is 0 Å². The highest BCUT2D eigenvalue weighted by molar-refractivity contribution is 5.80. The van der Waals surface area contributed by atoms with E-state index >= 15 is 0 Å². The van der Waals surface area contributed by atoms with Gasteiger partial charge in [0.25, 0.3) is 0 Å². The number of nitrogens with one attached hydrogen (secondary N) is 1. The van der Waals surface area contributed by atoms with Gasteiger partial charge in [0.05, 0.1) is 25.4 Å². The van der Waals surface area contributed by atoms with Gasteiger partial charge in [0.15, 0.2) is 12.4 Å². The number of allylic oxidation sites excluding steroid dienone is 13. The number of amides is 1. The molecule has 0 saturated carbocycles. The average molecular weight is 1110 g/mol. The van der Waals surface area contributed by atoms with Crippen LogP contribution in [0, 0.1) is 0 Å². The molecule has 79 heavy (non-hydrogen) atoms. The standard InChI is InChI=1S/C68H119NO10/c1-4-7-10-13-16-19-22-25-27-29-31-33-35-38-41-44-47-50-53-56-63(73)79-66-65(75)64(74)62(57-70)78-68(66)77-58-59(60(71)54-51-48-45-42-39-36-24-21-18-15-12-9-6-3)69-67(76)61(72)55-52-49-46-43-40-37-34-32-30-28-26-23-20-17-14-11-8-5-2/h7,10,16,19,25,27,31,33,38,41,47,50-51,54,59-62,64-66,68,70-72,74-75H,4-6,8-9,11-15,17-18,20-24,26,28-30,32,34-37,39-40,42-46,48-49,52-53,55-58H2,1-3H3,(H,69,76)/b10-7-,19-16-,27-25-,33-31-,41-38-,50-47-,54-51+. The molecule has 1 heterocycles. The van der Waals surface area contributed by atoms with Crippen LogP contribution in [-0.2, 0) is 23.8 Å². The number of hydrogen-bond acceptors (Lipinski definition) is 10. The van der Waals surface area contributed by atoms with Gasteiger partial charge in [-0.15, -0.1) is 0 Å². The van der Waals surface area contributed by atoms with E-state index in [-0.39, 0.29) is 19.4 Å². The van der Waals surface area contributed by atoms with E-state index in [0.717, 1.165) is 70.6 Å². The third-order valence-corrected chi connectivity index (χ3v) is 14.8. The molecule has 0 radical (unpaired) electrons. The van der Waals surface area contributed by atoms with Crippen LogP contribution in [0.5, 0.6) is 0 Å². The maximum atomic E-state index is 13.4. The van der Waals surface area contributed by atoms with Gasteiger partial charge in [-0.25, -0.2) is 0 Å². The van der Waals surface area contributed by atoms with Gasteiger partial charge in [-0.05, 0) is 64.2 Å². The lowest BCUT2D eigenvalue weighted by atomic mass is 9.99. The van der Waals surface area contributed by atoms with Crippen molar-refractivity contribution in [2.75, 3.05) is 13.2 Å². The number of aliphatic hydroxyl groups is 5. The monoisotopic (exact) mass is 1110 g/mol. The van der Waals surface area contributed by atoms with Crippen molar-refractivity contribution in [3.8, 4) is 0 Å². The maximum Gasteiger partial charge on any atom is 0.306 e. The minimum atomic E-state index is -1.65. The molecule has 0 spiro atoms. The van der Waals surface area contributed by atoms with Crippen molar-refractivity contribution in [3.63, 3.8) is 0 Å². The predicted molar refractivity (Wildman–Crippen MR) is 329 cm³/mol. The summed E-state index contributed by atoms with van der Waals surface area (Å²) in [6, 6.07) is -1.04. The topological polar surface area (TPSA) is 175 Å². The predicted octanol–water partition coefficient (Wildman–Crippen LogP) is 15.7. The van der Waals surface area contributed by atoms with Crippen molar-refractivity contribution in [1.82, 2.24) is 5.32 Å². The second kappa shape index (κ2) is 55.4. The van der Waals surface area contributed by atoms with Gasteiger partial charge < -0.3 is 45.1 Å². The molecular formula is C68H119NO10. The zero-order valence-corrected chi connectivity index (χ0v) is 50.5. The number of rotatable bonds is 54. The van der Waals surface area contributed by atoms with Gasteiger partial charge in [-0.3, -0.25) is 9.59 Å². The van der Waals surface area contributed by atoms with E-state index < -0.39 is 67.4 Å². The number of unbranched alkanes of at least 4 members (excludes halogenated alkanes) is 28. The summed E-state index contributed by atoms with van der Waals surface area (Å²) in [5.74, 6) is -1.28.